The second kappa shape index (κ2) is 52.5. The fourth-order valence-corrected chi connectivity index (χ4v) is 9.02. The van der Waals surface area contributed by atoms with Crippen LogP contribution in [0, 0.1) is 0 Å². The van der Waals surface area contributed by atoms with Gasteiger partial charge < -0.3 is 19.8 Å². The lowest BCUT2D eigenvalue weighted by molar-refractivity contribution is -0.870. The summed E-state index contributed by atoms with van der Waals surface area (Å²) in [7, 11) is 1.57. The van der Waals surface area contributed by atoms with E-state index in [9.17, 15) is 19.4 Å². The Balaban J connectivity index is 4.17. The molecule has 0 aliphatic heterocycles. The van der Waals surface area contributed by atoms with Gasteiger partial charge >= 0.3 is 7.82 Å². The average molecular weight is 1010 g/mol. The first-order valence-electron chi connectivity index (χ1n) is 29.5. The molecular weight excluding hydrogens is 900 g/mol. The van der Waals surface area contributed by atoms with Crippen LogP contribution in [-0.2, 0) is 18.4 Å². The molecule has 9 heteroatoms. The summed E-state index contributed by atoms with van der Waals surface area (Å²) in [6.07, 6.45) is 73.9. The molecule has 8 nitrogen and oxygen atoms in total. The number of rotatable bonds is 53. The van der Waals surface area contributed by atoms with Crippen molar-refractivity contribution in [2.75, 3.05) is 40.9 Å². The number of hydrogen-bond donors (Lipinski definition) is 3. The first kappa shape index (κ1) is 68.7. The van der Waals surface area contributed by atoms with Crippen molar-refractivity contribution >= 4 is 13.7 Å². The van der Waals surface area contributed by atoms with E-state index in [-0.39, 0.29) is 19.1 Å². The predicted octanol–water partition coefficient (Wildman–Crippen LogP) is 18.0. The molecule has 0 aromatic heterocycles. The highest BCUT2D eigenvalue weighted by molar-refractivity contribution is 7.47. The molecule has 71 heavy (non-hydrogen) atoms. The summed E-state index contributed by atoms with van der Waals surface area (Å²) in [5, 5.41) is 13.9. The van der Waals surface area contributed by atoms with E-state index in [1.165, 1.54) is 154 Å². The molecule has 3 N–H and O–H groups in total. The minimum Gasteiger partial charge on any atom is -0.387 e. The van der Waals surface area contributed by atoms with Gasteiger partial charge in [-0.1, -0.05) is 259 Å². The Morgan fingerprint density at radius 2 is 0.845 bits per heavy atom. The molecule has 3 atom stereocenters. The maximum atomic E-state index is 13.0. The Morgan fingerprint density at radius 3 is 1.24 bits per heavy atom. The number of carbonyl (C=O) groups is 1. The zero-order valence-corrected chi connectivity index (χ0v) is 47.8. The van der Waals surface area contributed by atoms with Crippen LogP contribution in [0.15, 0.2) is 85.1 Å². The van der Waals surface area contributed by atoms with Crippen molar-refractivity contribution in [2.24, 2.45) is 0 Å². The molecule has 0 heterocycles. The van der Waals surface area contributed by atoms with Crippen molar-refractivity contribution in [3.8, 4) is 0 Å². The fraction of sp³-hybridized carbons (Fsp3) is 0.758. The molecule has 0 bridgehead atoms. The van der Waals surface area contributed by atoms with Gasteiger partial charge in [0.05, 0.1) is 39.9 Å². The lowest BCUT2D eigenvalue weighted by atomic mass is 10.0. The van der Waals surface area contributed by atoms with Crippen LogP contribution in [0.2, 0.25) is 0 Å². The number of aliphatic hydroxyl groups excluding tert-OH is 1. The molecule has 0 radical (unpaired) electrons. The maximum absolute atomic E-state index is 13.0. The number of amides is 1. The fourth-order valence-electron chi connectivity index (χ4n) is 8.28. The van der Waals surface area contributed by atoms with Gasteiger partial charge in [-0.3, -0.25) is 13.8 Å². The second-order valence-electron chi connectivity index (χ2n) is 21.0. The van der Waals surface area contributed by atoms with Crippen LogP contribution >= 0.6 is 7.82 Å². The van der Waals surface area contributed by atoms with Crippen LogP contribution in [-0.4, -0.2) is 73.4 Å². The monoisotopic (exact) mass is 1010 g/mol. The van der Waals surface area contributed by atoms with E-state index in [1.54, 1.807) is 6.08 Å². The second-order valence-corrected chi connectivity index (χ2v) is 22.4. The first-order valence-corrected chi connectivity index (χ1v) is 31.0. The third kappa shape index (κ3) is 55.3. The molecule has 0 spiro atoms. The van der Waals surface area contributed by atoms with E-state index < -0.39 is 20.0 Å². The summed E-state index contributed by atoms with van der Waals surface area (Å²) in [6, 6.07) is -0.852. The van der Waals surface area contributed by atoms with Gasteiger partial charge in [0.1, 0.15) is 13.2 Å². The molecule has 412 valence electrons. The Hall–Kier alpha value is -2.32. The smallest absolute Gasteiger partial charge is 0.387 e. The molecule has 0 fully saturated rings. The Labute approximate surface area is 439 Å². The molecule has 0 saturated heterocycles. The SMILES string of the molecule is CC/C=C\C/C=C\C/C=C\C/C=C\C/C=C\C/C=C\CCCCCCCCCCCCCCC(=O)NC(COP(=O)(O)OCC[N+](C)(C)C)C(O)/C=C/CCCCCCCCCCCCCCCCCC. The summed E-state index contributed by atoms with van der Waals surface area (Å²) in [6.45, 7) is 4.71. The van der Waals surface area contributed by atoms with Gasteiger partial charge in [-0.25, -0.2) is 4.57 Å². The number of unbranched alkanes of at least 4 members (excludes halogenated alkanes) is 28. The summed E-state index contributed by atoms with van der Waals surface area (Å²) in [5.41, 5.74) is 0. The number of carbonyl (C=O) groups excluding carboxylic acids is 1. The van der Waals surface area contributed by atoms with E-state index >= 15 is 0 Å². The van der Waals surface area contributed by atoms with Gasteiger partial charge in [-0.2, -0.15) is 0 Å². The van der Waals surface area contributed by atoms with Gasteiger partial charge in [-0.05, 0) is 70.6 Å². The van der Waals surface area contributed by atoms with Crippen LogP contribution < -0.4 is 5.32 Å². The number of phosphoric ester groups is 1. The quantitative estimate of drug-likeness (QED) is 0.0243. The Kier molecular flexibility index (Phi) is 50.8. The van der Waals surface area contributed by atoms with Crippen LogP contribution in [0.3, 0.4) is 0 Å². The van der Waals surface area contributed by atoms with Crippen LogP contribution in [0.5, 0.6) is 0 Å². The third-order valence-corrected chi connectivity index (χ3v) is 13.9. The minimum absolute atomic E-state index is 0.0584. The molecule has 0 saturated carbocycles. The number of nitrogens with one attached hydrogen (secondary N) is 1. The van der Waals surface area contributed by atoms with Crippen molar-refractivity contribution < 1.29 is 32.9 Å². The van der Waals surface area contributed by atoms with E-state index in [1.807, 2.05) is 27.2 Å². The summed E-state index contributed by atoms with van der Waals surface area (Å²) in [5.74, 6) is -0.181. The lowest BCUT2D eigenvalue weighted by Crippen LogP contribution is -2.45. The molecule has 0 aromatic carbocycles. The molecule has 0 aliphatic carbocycles. The van der Waals surface area contributed by atoms with Crippen molar-refractivity contribution in [2.45, 2.75) is 264 Å². The molecule has 0 aromatic rings. The number of hydrogen-bond acceptors (Lipinski definition) is 5. The third-order valence-electron chi connectivity index (χ3n) is 12.9. The molecule has 0 rings (SSSR count). The lowest BCUT2D eigenvalue weighted by Gasteiger charge is -2.25. The molecule has 0 aliphatic rings. The predicted molar refractivity (Wildman–Crippen MR) is 309 cm³/mol. The van der Waals surface area contributed by atoms with Gasteiger partial charge in [0, 0.05) is 6.42 Å². The van der Waals surface area contributed by atoms with Gasteiger partial charge in [0.25, 0.3) is 0 Å². The zero-order chi connectivity index (χ0) is 52.0. The zero-order valence-electron chi connectivity index (χ0n) is 46.9. The normalized spacial score (nSPS) is 14.5. The highest BCUT2D eigenvalue weighted by atomic mass is 31.2. The number of quaternary nitrogens is 1. The van der Waals surface area contributed by atoms with Crippen molar-refractivity contribution in [3.05, 3.63) is 85.1 Å². The van der Waals surface area contributed by atoms with E-state index in [0.717, 1.165) is 77.0 Å². The number of nitrogens with zero attached hydrogens (tertiary/aromatic N) is 1. The van der Waals surface area contributed by atoms with Gasteiger partial charge in [0.2, 0.25) is 5.91 Å². The van der Waals surface area contributed by atoms with Crippen LogP contribution in [0.25, 0.3) is 0 Å². The summed E-state index contributed by atoms with van der Waals surface area (Å²) >= 11 is 0. The number of aliphatic hydroxyl groups is 1. The van der Waals surface area contributed by atoms with E-state index in [2.05, 4.69) is 92.1 Å². The van der Waals surface area contributed by atoms with Gasteiger partial charge in [-0.15, -0.1) is 0 Å². The van der Waals surface area contributed by atoms with Gasteiger partial charge in [0.15, 0.2) is 0 Å². The van der Waals surface area contributed by atoms with Crippen LogP contribution in [0.1, 0.15) is 251 Å². The standard InChI is InChI=1S/C62H113N2O6P/c1-6-8-10-12-14-16-18-20-22-24-26-27-28-29-30-31-32-33-34-35-36-37-38-40-42-44-46-48-50-52-54-56-62(66)63-60(59-70-71(67,68)69-58-57-64(3,4)5)61(65)55-53-51-49-47-45-43-41-39-25-23-21-19-17-15-13-11-9-7-2/h8,10,14,16,20,22,26-27,29-30,32-33,53,55,60-61,65H,6-7,9,11-13,15,17-19,21,23-25,28,31,34-52,54,56-59H2,1-5H3,(H-,63,66,67,68)/p+1/b10-8-,16-14-,22-20-,27-26-,30-29-,33-32-,55-53+. The molecular formula is C62H114N2O6P+. The molecule has 3 unspecified atom stereocenters. The number of likely N-dealkylation sites (N-methyl/N-ethyl adjacent to an activating group) is 1. The van der Waals surface area contributed by atoms with Crippen molar-refractivity contribution in [1.29, 1.82) is 0 Å². The number of allylic oxidation sites excluding steroid dienone is 13. The van der Waals surface area contributed by atoms with E-state index in [0.29, 0.717) is 17.4 Å². The summed E-state index contributed by atoms with van der Waals surface area (Å²) < 4.78 is 23.7. The summed E-state index contributed by atoms with van der Waals surface area (Å²) in [4.78, 5) is 23.3. The maximum Gasteiger partial charge on any atom is 0.472 e. The van der Waals surface area contributed by atoms with Crippen molar-refractivity contribution in [1.82, 2.24) is 5.32 Å². The Bertz CT molecular complexity index is 1430. The van der Waals surface area contributed by atoms with Crippen LogP contribution in [0.4, 0.5) is 0 Å². The van der Waals surface area contributed by atoms with Crippen molar-refractivity contribution in [3.63, 3.8) is 0 Å². The largest absolute Gasteiger partial charge is 0.472 e. The topological polar surface area (TPSA) is 105 Å². The minimum atomic E-state index is -4.35. The number of phosphoric acid groups is 1. The Morgan fingerprint density at radius 1 is 0.493 bits per heavy atom. The highest BCUT2D eigenvalue weighted by Gasteiger charge is 2.27. The molecule has 1 amide bonds. The first-order chi connectivity index (χ1) is 34.5. The highest BCUT2D eigenvalue weighted by Crippen LogP contribution is 2.43. The van der Waals surface area contributed by atoms with E-state index in [4.69, 9.17) is 9.05 Å². The average Bonchev–Trinajstić information content (AvgIpc) is 3.33.